The Morgan fingerprint density at radius 1 is 1.26 bits per heavy atom. The lowest BCUT2D eigenvalue weighted by atomic mass is 10.3. The summed E-state index contributed by atoms with van der Waals surface area (Å²) in [5, 5.41) is 2.79. The van der Waals surface area contributed by atoms with Gasteiger partial charge in [0.15, 0.2) is 6.61 Å². The number of carbonyl (C=O) groups excluding carboxylic acids is 1. The maximum atomic E-state index is 11.7. The van der Waals surface area contributed by atoms with Gasteiger partial charge in [-0.15, -0.1) is 0 Å². The van der Waals surface area contributed by atoms with Crippen LogP contribution in [0.5, 0.6) is 0 Å². The van der Waals surface area contributed by atoms with Gasteiger partial charge in [0.1, 0.15) is 6.54 Å². The minimum Gasteiger partial charge on any atom is -0.322 e. The molecule has 0 aliphatic rings. The van der Waals surface area contributed by atoms with Crippen molar-refractivity contribution in [1.82, 2.24) is 5.48 Å². The Labute approximate surface area is 116 Å². The van der Waals surface area contributed by atoms with Crippen LogP contribution in [0, 0.1) is 0 Å². The molecule has 1 amide bonds. The smallest absolute Gasteiger partial charge is 0.322 e. The molecule has 1 aromatic rings. The molecule has 0 heterocycles. The summed E-state index contributed by atoms with van der Waals surface area (Å²) in [7, 11) is 0. The molecule has 0 saturated carbocycles. The van der Waals surface area contributed by atoms with Crippen molar-refractivity contribution >= 4 is 34.8 Å². The first-order chi connectivity index (χ1) is 8.79. The van der Waals surface area contributed by atoms with Crippen LogP contribution in [0.4, 0.5) is 18.9 Å². The highest BCUT2D eigenvalue weighted by molar-refractivity contribution is 6.39. The molecule has 0 aliphatic heterocycles. The molecule has 4 nitrogen and oxygen atoms in total. The third kappa shape index (κ3) is 6.11. The number of hydrogen-bond acceptors (Lipinski definition) is 3. The van der Waals surface area contributed by atoms with Crippen LogP contribution >= 0.6 is 23.2 Å². The monoisotopic (exact) mass is 316 g/mol. The van der Waals surface area contributed by atoms with Gasteiger partial charge in [-0.2, -0.15) is 18.7 Å². The molecule has 0 spiro atoms. The van der Waals surface area contributed by atoms with Crippen LogP contribution in [-0.4, -0.2) is 25.2 Å². The lowest BCUT2D eigenvalue weighted by Crippen LogP contribution is -2.31. The van der Waals surface area contributed by atoms with Gasteiger partial charge in [-0.25, -0.2) is 0 Å². The van der Waals surface area contributed by atoms with Crippen molar-refractivity contribution in [1.29, 1.82) is 0 Å². The second kappa shape index (κ2) is 6.95. The standard InChI is InChI=1S/C10H9Cl2F3N2O2/c11-6-2-1-3-7(12)9(6)17-8(18)4-16-19-5-10(13,14)15/h1-3,16H,4-5H2,(H,17,18). The van der Waals surface area contributed by atoms with E-state index in [1.807, 2.05) is 5.48 Å². The van der Waals surface area contributed by atoms with Crippen molar-refractivity contribution in [2.45, 2.75) is 6.18 Å². The number of anilines is 1. The van der Waals surface area contributed by atoms with Gasteiger partial charge in [0, 0.05) is 0 Å². The molecule has 0 saturated heterocycles. The Kier molecular flexibility index (Phi) is 5.86. The number of hydroxylamine groups is 1. The summed E-state index contributed by atoms with van der Waals surface area (Å²) < 4.78 is 35.2. The van der Waals surface area contributed by atoms with E-state index < -0.39 is 25.2 Å². The van der Waals surface area contributed by atoms with E-state index >= 15 is 0 Å². The van der Waals surface area contributed by atoms with Gasteiger partial charge in [-0.3, -0.25) is 9.63 Å². The van der Waals surface area contributed by atoms with Gasteiger partial charge in [-0.05, 0) is 12.1 Å². The molecular weight excluding hydrogens is 308 g/mol. The van der Waals surface area contributed by atoms with E-state index in [0.29, 0.717) is 0 Å². The number of amides is 1. The summed E-state index contributed by atoms with van der Waals surface area (Å²) in [6, 6.07) is 4.61. The zero-order chi connectivity index (χ0) is 14.5. The Morgan fingerprint density at radius 2 is 1.84 bits per heavy atom. The number of alkyl halides is 3. The SMILES string of the molecule is O=C(CNOCC(F)(F)F)Nc1c(Cl)cccc1Cl. The molecule has 0 atom stereocenters. The van der Waals surface area contributed by atoms with Crippen LogP contribution < -0.4 is 10.8 Å². The average Bonchev–Trinajstić information content (AvgIpc) is 2.28. The molecular formula is C10H9Cl2F3N2O2. The van der Waals surface area contributed by atoms with Crippen molar-refractivity contribution < 1.29 is 22.8 Å². The Bertz CT molecular complexity index is 435. The number of benzene rings is 1. The van der Waals surface area contributed by atoms with E-state index in [1.165, 1.54) is 12.1 Å². The van der Waals surface area contributed by atoms with Crippen LogP contribution in [0.3, 0.4) is 0 Å². The molecule has 9 heteroatoms. The summed E-state index contributed by atoms with van der Waals surface area (Å²) in [4.78, 5) is 15.5. The third-order valence-electron chi connectivity index (χ3n) is 1.80. The highest BCUT2D eigenvalue weighted by Crippen LogP contribution is 2.29. The second-order valence-corrected chi connectivity index (χ2v) is 4.18. The normalized spacial score (nSPS) is 11.4. The number of rotatable bonds is 5. The number of nitrogens with one attached hydrogen (secondary N) is 2. The number of carbonyl (C=O) groups is 1. The molecule has 2 N–H and O–H groups in total. The topological polar surface area (TPSA) is 50.4 Å². The van der Waals surface area contributed by atoms with Gasteiger partial charge < -0.3 is 5.32 Å². The first-order valence-corrected chi connectivity index (χ1v) is 5.70. The molecule has 1 aromatic carbocycles. The number of halogens is 5. The van der Waals surface area contributed by atoms with E-state index in [4.69, 9.17) is 23.2 Å². The van der Waals surface area contributed by atoms with E-state index in [1.54, 1.807) is 6.07 Å². The molecule has 0 fully saturated rings. The summed E-state index contributed by atoms with van der Waals surface area (Å²) in [5.41, 5.74) is 2.07. The lowest BCUT2D eigenvalue weighted by molar-refractivity contribution is -0.189. The van der Waals surface area contributed by atoms with Crippen molar-refractivity contribution in [3.05, 3.63) is 28.2 Å². The van der Waals surface area contributed by atoms with Gasteiger partial charge in [0.25, 0.3) is 0 Å². The Morgan fingerprint density at radius 3 is 2.37 bits per heavy atom. The molecule has 19 heavy (non-hydrogen) atoms. The molecule has 0 aliphatic carbocycles. The van der Waals surface area contributed by atoms with Gasteiger partial charge in [0.05, 0.1) is 15.7 Å². The number of para-hydroxylation sites is 1. The Hall–Kier alpha value is -1.02. The molecule has 1 rings (SSSR count). The zero-order valence-corrected chi connectivity index (χ0v) is 10.9. The minimum atomic E-state index is -4.46. The first-order valence-electron chi connectivity index (χ1n) is 4.95. The van der Waals surface area contributed by atoms with Crippen molar-refractivity contribution in [3.8, 4) is 0 Å². The molecule has 106 valence electrons. The predicted molar refractivity (Wildman–Crippen MR) is 65.1 cm³/mol. The van der Waals surface area contributed by atoms with Gasteiger partial charge >= 0.3 is 6.18 Å². The van der Waals surface area contributed by atoms with Crippen molar-refractivity contribution in [2.75, 3.05) is 18.5 Å². The van der Waals surface area contributed by atoms with Crippen LogP contribution in [-0.2, 0) is 9.63 Å². The predicted octanol–water partition coefficient (Wildman–Crippen LogP) is 3.02. The molecule has 0 unspecified atom stereocenters. The molecule has 0 radical (unpaired) electrons. The lowest BCUT2D eigenvalue weighted by Gasteiger charge is -2.10. The van der Waals surface area contributed by atoms with E-state index in [9.17, 15) is 18.0 Å². The quantitative estimate of drug-likeness (QED) is 0.648. The third-order valence-corrected chi connectivity index (χ3v) is 2.43. The van der Waals surface area contributed by atoms with Crippen LogP contribution in [0.15, 0.2) is 18.2 Å². The average molecular weight is 317 g/mol. The summed E-state index contributed by atoms with van der Waals surface area (Å²) in [5.74, 6) is -0.642. The van der Waals surface area contributed by atoms with Crippen LogP contribution in [0.2, 0.25) is 10.0 Å². The van der Waals surface area contributed by atoms with Crippen LogP contribution in [0.25, 0.3) is 0 Å². The fourth-order valence-electron chi connectivity index (χ4n) is 1.05. The second-order valence-electron chi connectivity index (χ2n) is 3.37. The van der Waals surface area contributed by atoms with Gasteiger partial charge in [-0.1, -0.05) is 29.3 Å². The highest BCUT2D eigenvalue weighted by atomic mass is 35.5. The number of hydrogen-bond donors (Lipinski definition) is 2. The van der Waals surface area contributed by atoms with Crippen molar-refractivity contribution in [2.24, 2.45) is 0 Å². The largest absolute Gasteiger partial charge is 0.413 e. The highest BCUT2D eigenvalue weighted by Gasteiger charge is 2.27. The van der Waals surface area contributed by atoms with E-state index in [0.717, 1.165) is 0 Å². The summed E-state index contributed by atoms with van der Waals surface area (Å²) in [6.07, 6.45) is -4.46. The summed E-state index contributed by atoms with van der Waals surface area (Å²) >= 11 is 11.6. The molecule has 0 aromatic heterocycles. The summed E-state index contributed by atoms with van der Waals surface area (Å²) in [6.45, 7) is -1.97. The maximum absolute atomic E-state index is 11.7. The van der Waals surface area contributed by atoms with Crippen molar-refractivity contribution in [3.63, 3.8) is 0 Å². The molecule has 0 bridgehead atoms. The fourth-order valence-corrected chi connectivity index (χ4v) is 1.54. The zero-order valence-electron chi connectivity index (χ0n) is 9.35. The Balaban J connectivity index is 2.40. The maximum Gasteiger partial charge on any atom is 0.413 e. The fraction of sp³-hybridized carbons (Fsp3) is 0.300. The van der Waals surface area contributed by atoms with Gasteiger partial charge in [0.2, 0.25) is 5.91 Å². The van der Waals surface area contributed by atoms with E-state index in [-0.39, 0.29) is 15.7 Å². The van der Waals surface area contributed by atoms with E-state index in [2.05, 4.69) is 10.2 Å². The minimum absolute atomic E-state index is 0.188. The first kappa shape index (κ1) is 16.0. The van der Waals surface area contributed by atoms with Crippen LogP contribution in [0.1, 0.15) is 0 Å².